The lowest BCUT2D eigenvalue weighted by molar-refractivity contribution is 0.0932. The molecule has 2 aliphatic rings. The summed E-state index contributed by atoms with van der Waals surface area (Å²) in [5, 5.41) is 3.46. The van der Waals surface area contributed by atoms with Crippen molar-refractivity contribution < 1.29 is 17.9 Å². The average molecular weight is 521 g/mol. The molecular weight excluding hydrogens is 488 g/mol. The SMILES string of the molecule is CCCS(=O)(=O)N1CCC(CNC(=O)c2ccccc2Cl)(c2cccc(N3CCOCC3)n2)CC1. The monoisotopic (exact) mass is 520 g/mol. The van der Waals surface area contributed by atoms with Crippen LogP contribution in [0.2, 0.25) is 5.02 Å². The van der Waals surface area contributed by atoms with Gasteiger partial charge in [-0.2, -0.15) is 0 Å². The number of carbonyl (C=O) groups excluding carboxylic acids is 1. The van der Waals surface area contributed by atoms with Crippen molar-refractivity contribution in [3.05, 3.63) is 58.7 Å². The van der Waals surface area contributed by atoms with Gasteiger partial charge in [0, 0.05) is 38.1 Å². The van der Waals surface area contributed by atoms with Gasteiger partial charge in [0.15, 0.2) is 0 Å². The van der Waals surface area contributed by atoms with Crippen LogP contribution < -0.4 is 10.2 Å². The average Bonchev–Trinajstić information content (AvgIpc) is 2.88. The molecule has 2 fully saturated rings. The van der Waals surface area contributed by atoms with Gasteiger partial charge < -0.3 is 15.0 Å². The molecule has 10 heteroatoms. The third-order valence-corrected chi connectivity index (χ3v) is 9.26. The third kappa shape index (κ3) is 5.97. The van der Waals surface area contributed by atoms with Gasteiger partial charge in [0.2, 0.25) is 10.0 Å². The highest BCUT2D eigenvalue weighted by molar-refractivity contribution is 7.89. The van der Waals surface area contributed by atoms with Gasteiger partial charge in [0.05, 0.1) is 35.2 Å². The van der Waals surface area contributed by atoms with Gasteiger partial charge in [-0.15, -0.1) is 0 Å². The minimum absolute atomic E-state index is 0.147. The van der Waals surface area contributed by atoms with Crippen LogP contribution in [0.25, 0.3) is 0 Å². The molecular formula is C25H33ClN4O4S. The zero-order chi connectivity index (χ0) is 24.9. The molecule has 0 unspecified atom stereocenters. The van der Waals surface area contributed by atoms with Gasteiger partial charge in [-0.25, -0.2) is 17.7 Å². The number of hydrogen-bond donors (Lipinski definition) is 1. The van der Waals surface area contributed by atoms with E-state index in [0.717, 1.165) is 24.6 Å². The van der Waals surface area contributed by atoms with E-state index in [1.807, 2.05) is 25.1 Å². The van der Waals surface area contributed by atoms with Gasteiger partial charge in [0.25, 0.3) is 5.91 Å². The number of piperidine rings is 1. The van der Waals surface area contributed by atoms with Crippen LogP contribution >= 0.6 is 11.6 Å². The second-order valence-electron chi connectivity index (χ2n) is 9.14. The van der Waals surface area contributed by atoms with Crippen LogP contribution in [0.4, 0.5) is 5.82 Å². The zero-order valence-electron chi connectivity index (χ0n) is 20.1. The van der Waals surface area contributed by atoms with Crippen molar-refractivity contribution in [2.45, 2.75) is 31.6 Å². The van der Waals surface area contributed by atoms with E-state index in [1.54, 1.807) is 28.6 Å². The third-order valence-electron chi connectivity index (χ3n) is 6.85. The van der Waals surface area contributed by atoms with E-state index in [-0.39, 0.29) is 11.7 Å². The molecule has 0 atom stereocenters. The Balaban J connectivity index is 1.59. The number of halogens is 1. The van der Waals surface area contributed by atoms with Crippen molar-refractivity contribution in [1.82, 2.24) is 14.6 Å². The molecule has 3 heterocycles. The van der Waals surface area contributed by atoms with Crippen LogP contribution in [0, 0.1) is 0 Å². The molecule has 0 saturated carbocycles. The summed E-state index contributed by atoms with van der Waals surface area (Å²) >= 11 is 6.24. The number of rotatable bonds is 8. The van der Waals surface area contributed by atoms with Gasteiger partial charge in [0.1, 0.15) is 5.82 Å². The summed E-state index contributed by atoms with van der Waals surface area (Å²) in [4.78, 5) is 20.2. The molecule has 0 spiro atoms. The molecule has 1 aromatic carbocycles. The number of pyridine rings is 1. The fraction of sp³-hybridized carbons (Fsp3) is 0.520. The van der Waals surface area contributed by atoms with Crippen molar-refractivity contribution in [2.24, 2.45) is 0 Å². The van der Waals surface area contributed by atoms with Crippen molar-refractivity contribution in [1.29, 1.82) is 0 Å². The number of morpholine rings is 1. The van der Waals surface area contributed by atoms with Gasteiger partial charge >= 0.3 is 0 Å². The number of sulfonamides is 1. The molecule has 2 saturated heterocycles. The van der Waals surface area contributed by atoms with Crippen LogP contribution in [-0.4, -0.2) is 75.3 Å². The predicted molar refractivity (Wildman–Crippen MR) is 138 cm³/mol. The smallest absolute Gasteiger partial charge is 0.252 e. The van der Waals surface area contributed by atoms with Crippen molar-refractivity contribution in [2.75, 3.05) is 56.6 Å². The van der Waals surface area contributed by atoms with E-state index in [2.05, 4.69) is 10.2 Å². The van der Waals surface area contributed by atoms with E-state index in [9.17, 15) is 13.2 Å². The van der Waals surface area contributed by atoms with Crippen LogP contribution in [-0.2, 0) is 20.2 Å². The highest BCUT2D eigenvalue weighted by Crippen LogP contribution is 2.36. The van der Waals surface area contributed by atoms with Crippen LogP contribution in [0.15, 0.2) is 42.5 Å². The second-order valence-corrected chi connectivity index (χ2v) is 11.6. The number of amides is 1. The Kier molecular flexibility index (Phi) is 8.31. The first kappa shape index (κ1) is 25.9. The van der Waals surface area contributed by atoms with E-state index in [1.165, 1.54) is 0 Å². The summed E-state index contributed by atoms with van der Waals surface area (Å²) in [5.74, 6) is 0.776. The van der Waals surface area contributed by atoms with Gasteiger partial charge in [-0.3, -0.25) is 4.79 Å². The lowest BCUT2D eigenvalue weighted by Gasteiger charge is -2.41. The molecule has 1 aromatic heterocycles. The number of aromatic nitrogens is 1. The molecule has 0 radical (unpaired) electrons. The highest BCUT2D eigenvalue weighted by Gasteiger charge is 2.41. The summed E-state index contributed by atoms with van der Waals surface area (Å²) in [6, 6.07) is 12.9. The number of anilines is 1. The van der Waals surface area contributed by atoms with E-state index < -0.39 is 15.4 Å². The molecule has 190 valence electrons. The minimum atomic E-state index is -3.28. The Morgan fingerprint density at radius 3 is 2.49 bits per heavy atom. The fourth-order valence-electron chi connectivity index (χ4n) is 4.78. The standard InChI is InChI=1S/C25H33ClN4O4S/c1-2-18-35(32,33)30-12-10-25(11-13-30,19-27-24(31)20-6-3-4-7-21(20)26)22-8-5-9-23(28-22)29-14-16-34-17-15-29/h3-9H,2,10-19H2,1H3,(H,27,31). The topological polar surface area (TPSA) is 91.8 Å². The molecule has 0 aliphatic carbocycles. The first-order valence-corrected chi connectivity index (χ1v) is 14.1. The first-order chi connectivity index (χ1) is 16.8. The van der Waals surface area contributed by atoms with Crippen molar-refractivity contribution >= 4 is 33.3 Å². The van der Waals surface area contributed by atoms with Crippen molar-refractivity contribution in [3.8, 4) is 0 Å². The largest absolute Gasteiger partial charge is 0.378 e. The van der Waals surface area contributed by atoms with Crippen molar-refractivity contribution in [3.63, 3.8) is 0 Å². The van der Waals surface area contributed by atoms with Gasteiger partial charge in [-0.1, -0.05) is 36.7 Å². The number of carbonyl (C=O) groups is 1. The summed E-state index contributed by atoms with van der Waals surface area (Å²) in [7, 11) is -3.28. The summed E-state index contributed by atoms with van der Waals surface area (Å²) in [6.45, 7) is 5.88. The Morgan fingerprint density at radius 1 is 1.09 bits per heavy atom. The van der Waals surface area contributed by atoms with E-state index >= 15 is 0 Å². The molecule has 2 aromatic rings. The maximum absolute atomic E-state index is 13.0. The maximum atomic E-state index is 13.0. The number of nitrogens with zero attached hydrogens (tertiary/aromatic N) is 3. The normalized spacial score (nSPS) is 18.9. The van der Waals surface area contributed by atoms with E-state index in [4.69, 9.17) is 21.3 Å². The Labute approximate surface area is 212 Å². The number of benzene rings is 1. The fourth-order valence-corrected chi connectivity index (χ4v) is 6.51. The second kappa shape index (κ2) is 11.2. The van der Waals surface area contributed by atoms with Crippen LogP contribution in [0.1, 0.15) is 42.2 Å². The molecule has 2 aliphatic heterocycles. The molecule has 0 bridgehead atoms. The van der Waals surface area contributed by atoms with E-state index in [0.29, 0.717) is 62.7 Å². The number of hydrogen-bond acceptors (Lipinski definition) is 6. The molecule has 1 amide bonds. The Hall–Kier alpha value is -2.20. The summed E-state index contributed by atoms with van der Waals surface area (Å²) < 4.78 is 32.4. The highest BCUT2D eigenvalue weighted by atomic mass is 35.5. The molecule has 1 N–H and O–H groups in total. The summed E-state index contributed by atoms with van der Waals surface area (Å²) in [6.07, 6.45) is 1.72. The molecule has 8 nitrogen and oxygen atoms in total. The quantitative estimate of drug-likeness (QED) is 0.575. The molecule has 4 rings (SSSR count). The minimum Gasteiger partial charge on any atom is -0.378 e. The van der Waals surface area contributed by atoms with Crippen LogP contribution in [0.3, 0.4) is 0 Å². The molecule has 35 heavy (non-hydrogen) atoms. The Bertz CT molecular complexity index is 1130. The van der Waals surface area contributed by atoms with Gasteiger partial charge in [-0.05, 0) is 43.5 Å². The first-order valence-electron chi connectivity index (χ1n) is 12.2. The van der Waals surface area contributed by atoms with Crippen LogP contribution in [0.5, 0.6) is 0 Å². The lowest BCUT2D eigenvalue weighted by Crippen LogP contribution is -2.51. The number of nitrogens with one attached hydrogen (secondary N) is 1. The lowest BCUT2D eigenvalue weighted by atomic mass is 9.75. The predicted octanol–water partition coefficient (Wildman–Crippen LogP) is 3.08. The number of ether oxygens (including phenoxy) is 1. The maximum Gasteiger partial charge on any atom is 0.252 e. The Morgan fingerprint density at radius 2 is 1.80 bits per heavy atom. The summed E-state index contributed by atoms with van der Waals surface area (Å²) in [5.41, 5.74) is 0.799. The zero-order valence-corrected chi connectivity index (χ0v) is 21.7.